The Bertz CT molecular complexity index is 1020. The van der Waals surface area contributed by atoms with Gasteiger partial charge in [0, 0.05) is 15.9 Å². The highest BCUT2D eigenvalue weighted by atomic mass is 79.9. The third-order valence-electron chi connectivity index (χ3n) is 4.45. The molecule has 0 saturated carbocycles. The van der Waals surface area contributed by atoms with Crippen molar-refractivity contribution in [2.75, 3.05) is 10.6 Å². The molecule has 2 heterocycles. The molecule has 136 valence electrons. The third-order valence-corrected chi connectivity index (χ3v) is 4.98. The van der Waals surface area contributed by atoms with Crippen LogP contribution in [0.15, 0.2) is 64.3 Å². The van der Waals surface area contributed by atoms with Crippen molar-refractivity contribution in [2.45, 2.75) is 19.9 Å². The zero-order valence-corrected chi connectivity index (χ0v) is 16.4. The van der Waals surface area contributed by atoms with E-state index in [1.165, 1.54) is 0 Å². The lowest BCUT2D eigenvalue weighted by atomic mass is 9.95. The molecule has 1 unspecified atom stereocenters. The van der Waals surface area contributed by atoms with Gasteiger partial charge in [-0.05, 0) is 54.1 Å². The van der Waals surface area contributed by atoms with Crippen LogP contribution in [-0.2, 0) is 4.79 Å². The van der Waals surface area contributed by atoms with E-state index in [4.69, 9.17) is 0 Å². The molecule has 4 rings (SSSR count). The van der Waals surface area contributed by atoms with Crippen LogP contribution < -0.4 is 10.6 Å². The van der Waals surface area contributed by atoms with E-state index in [1.54, 1.807) is 4.68 Å². The Morgan fingerprint density at radius 1 is 1.11 bits per heavy atom. The SMILES string of the molecule is CC1=C(C(=O)Nc2ccc(C)cc2)C(c2ccc(Br)cc2)n2nnnc2N1. The molecule has 7 nitrogen and oxygen atoms in total. The van der Waals surface area contributed by atoms with Crippen molar-refractivity contribution >= 4 is 33.5 Å². The van der Waals surface area contributed by atoms with Crippen molar-refractivity contribution in [1.29, 1.82) is 0 Å². The number of fused-ring (bicyclic) bond motifs is 1. The number of aromatic nitrogens is 4. The summed E-state index contributed by atoms with van der Waals surface area (Å²) in [6.45, 7) is 3.86. The lowest BCUT2D eigenvalue weighted by Gasteiger charge is -2.28. The fourth-order valence-corrected chi connectivity index (χ4v) is 3.36. The number of carbonyl (C=O) groups excluding carboxylic acids is 1. The van der Waals surface area contributed by atoms with E-state index in [1.807, 2.05) is 62.4 Å². The number of amides is 1. The highest BCUT2D eigenvalue weighted by molar-refractivity contribution is 9.10. The Hall–Kier alpha value is -3.00. The molecular formula is C19H17BrN6O. The summed E-state index contributed by atoms with van der Waals surface area (Å²) >= 11 is 3.45. The number of halogens is 1. The number of hydrogen-bond acceptors (Lipinski definition) is 5. The van der Waals surface area contributed by atoms with Gasteiger partial charge in [0.05, 0.1) is 5.57 Å². The maximum atomic E-state index is 13.1. The number of nitrogens with one attached hydrogen (secondary N) is 2. The number of benzene rings is 2. The van der Waals surface area contributed by atoms with Gasteiger partial charge in [-0.2, -0.15) is 4.68 Å². The van der Waals surface area contributed by atoms with E-state index in [2.05, 4.69) is 42.1 Å². The van der Waals surface area contributed by atoms with Gasteiger partial charge in [0.15, 0.2) is 0 Å². The molecule has 0 fully saturated rings. The Morgan fingerprint density at radius 3 is 2.52 bits per heavy atom. The molecule has 0 radical (unpaired) electrons. The zero-order valence-electron chi connectivity index (χ0n) is 14.8. The van der Waals surface area contributed by atoms with Gasteiger partial charge >= 0.3 is 0 Å². The molecular weight excluding hydrogens is 408 g/mol. The van der Waals surface area contributed by atoms with Crippen LogP contribution in [0.5, 0.6) is 0 Å². The van der Waals surface area contributed by atoms with Crippen LogP contribution >= 0.6 is 15.9 Å². The lowest BCUT2D eigenvalue weighted by molar-refractivity contribution is -0.113. The number of aryl methyl sites for hydroxylation is 1. The van der Waals surface area contributed by atoms with Gasteiger partial charge in [-0.25, -0.2) is 0 Å². The minimum Gasteiger partial charge on any atom is -0.326 e. The number of hydrogen-bond donors (Lipinski definition) is 2. The molecule has 1 atom stereocenters. The van der Waals surface area contributed by atoms with Crippen LogP contribution in [0.25, 0.3) is 0 Å². The first-order chi connectivity index (χ1) is 13.0. The Kier molecular flexibility index (Phi) is 4.49. The number of carbonyl (C=O) groups is 1. The van der Waals surface area contributed by atoms with Crippen LogP contribution in [0.4, 0.5) is 11.6 Å². The van der Waals surface area contributed by atoms with Gasteiger partial charge < -0.3 is 10.6 Å². The highest BCUT2D eigenvalue weighted by Gasteiger charge is 2.33. The van der Waals surface area contributed by atoms with Gasteiger partial charge in [-0.15, -0.1) is 0 Å². The van der Waals surface area contributed by atoms with E-state index >= 15 is 0 Å². The molecule has 0 bridgehead atoms. The number of rotatable bonds is 3. The van der Waals surface area contributed by atoms with E-state index < -0.39 is 6.04 Å². The van der Waals surface area contributed by atoms with Crippen molar-refractivity contribution in [3.8, 4) is 0 Å². The molecule has 2 aromatic carbocycles. The van der Waals surface area contributed by atoms with E-state index in [0.717, 1.165) is 27.0 Å². The number of anilines is 2. The smallest absolute Gasteiger partial charge is 0.255 e. The largest absolute Gasteiger partial charge is 0.326 e. The fraction of sp³-hybridized carbons (Fsp3) is 0.158. The van der Waals surface area contributed by atoms with Gasteiger partial charge in [0.2, 0.25) is 5.95 Å². The monoisotopic (exact) mass is 424 g/mol. The molecule has 3 aromatic rings. The Morgan fingerprint density at radius 2 is 1.81 bits per heavy atom. The van der Waals surface area contributed by atoms with Crippen LogP contribution in [0.1, 0.15) is 24.1 Å². The van der Waals surface area contributed by atoms with Crippen molar-refractivity contribution in [3.63, 3.8) is 0 Å². The third kappa shape index (κ3) is 3.35. The van der Waals surface area contributed by atoms with Gasteiger partial charge in [0.25, 0.3) is 5.91 Å². The number of nitrogens with zero attached hydrogens (tertiary/aromatic N) is 4. The van der Waals surface area contributed by atoms with Crippen LogP contribution in [-0.4, -0.2) is 26.1 Å². The predicted molar refractivity (Wildman–Crippen MR) is 106 cm³/mol. The normalized spacial score (nSPS) is 15.9. The fourth-order valence-electron chi connectivity index (χ4n) is 3.09. The summed E-state index contributed by atoms with van der Waals surface area (Å²) < 4.78 is 2.59. The molecule has 8 heteroatoms. The highest BCUT2D eigenvalue weighted by Crippen LogP contribution is 2.35. The van der Waals surface area contributed by atoms with Gasteiger partial charge in [-0.3, -0.25) is 4.79 Å². The minimum absolute atomic E-state index is 0.196. The van der Waals surface area contributed by atoms with Crippen LogP contribution in [0.2, 0.25) is 0 Å². The lowest BCUT2D eigenvalue weighted by Crippen LogP contribution is -2.31. The molecule has 0 spiro atoms. The molecule has 1 aromatic heterocycles. The topological polar surface area (TPSA) is 84.7 Å². The predicted octanol–water partition coefficient (Wildman–Crippen LogP) is 3.67. The summed E-state index contributed by atoms with van der Waals surface area (Å²) in [6.07, 6.45) is 0. The molecule has 0 saturated heterocycles. The van der Waals surface area contributed by atoms with E-state index in [9.17, 15) is 4.79 Å². The summed E-state index contributed by atoms with van der Waals surface area (Å²) in [6, 6.07) is 15.1. The molecule has 1 amide bonds. The number of allylic oxidation sites excluding steroid dienone is 1. The average molecular weight is 425 g/mol. The second kappa shape index (κ2) is 6.96. The molecule has 0 aliphatic carbocycles. The van der Waals surface area contributed by atoms with Crippen molar-refractivity contribution < 1.29 is 4.79 Å². The summed E-state index contributed by atoms with van der Waals surface area (Å²) in [7, 11) is 0. The molecule has 1 aliphatic rings. The quantitative estimate of drug-likeness (QED) is 0.669. The maximum Gasteiger partial charge on any atom is 0.255 e. The first-order valence-corrected chi connectivity index (χ1v) is 9.21. The molecule has 2 N–H and O–H groups in total. The molecule has 1 aliphatic heterocycles. The summed E-state index contributed by atoms with van der Waals surface area (Å²) in [5.74, 6) is 0.310. The number of tetrazole rings is 1. The average Bonchev–Trinajstić information content (AvgIpc) is 3.11. The van der Waals surface area contributed by atoms with E-state index in [0.29, 0.717) is 11.5 Å². The Balaban J connectivity index is 1.74. The Labute approximate surface area is 164 Å². The van der Waals surface area contributed by atoms with E-state index in [-0.39, 0.29) is 5.91 Å². The van der Waals surface area contributed by atoms with Gasteiger partial charge in [0.1, 0.15) is 6.04 Å². The van der Waals surface area contributed by atoms with Crippen molar-refractivity contribution in [3.05, 3.63) is 75.4 Å². The van der Waals surface area contributed by atoms with Crippen LogP contribution in [0.3, 0.4) is 0 Å². The summed E-state index contributed by atoms with van der Waals surface area (Å²) in [5, 5.41) is 17.9. The summed E-state index contributed by atoms with van der Waals surface area (Å²) in [4.78, 5) is 13.1. The van der Waals surface area contributed by atoms with Crippen LogP contribution in [0, 0.1) is 6.92 Å². The second-order valence-corrected chi connectivity index (χ2v) is 7.30. The van der Waals surface area contributed by atoms with Crippen molar-refractivity contribution in [1.82, 2.24) is 20.2 Å². The first-order valence-electron chi connectivity index (χ1n) is 8.42. The zero-order chi connectivity index (χ0) is 19.0. The van der Waals surface area contributed by atoms with Crippen molar-refractivity contribution in [2.24, 2.45) is 0 Å². The first kappa shape index (κ1) is 17.4. The maximum absolute atomic E-state index is 13.1. The second-order valence-electron chi connectivity index (χ2n) is 6.38. The standard InChI is InChI=1S/C19H17BrN6O/c1-11-3-9-15(10-4-11)22-18(27)16-12(2)21-19-23-24-25-26(19)17(16)13-5-7-14(20)8-6-13/h3-10,17H,1-2H3,(H,22,27)(H,21,23,25). The molecule has 27 heavy (non-hydrogen) atoms. The minimum atomic E-state index is -0.421. The van der Waals surface area contributed by atoms with Gasteiger partial charge in [-0.1, -0.05) is 50.9 Å². The summed E-state index contributed by atoms with van der Waals surface area (Å²) in [5.41, 5.74) is 4.07.